The number of nitrogens with zero attached hydrogens (tertiary/aromatic N) is 1. The van der Waals surface area contributed by atoms with Gasteiger partial charge in [-0.15, -0.1) is 0 Å². The van der Waals surface area contributed by atoms with E-state index in [0.29, 0.717) is 0 Å². The Bertz CT molecular complexity index is 4020. The molecule has 0 saturated heterocycles. The Labute approximate surface area is 407 Å². The van der Waals surface area contributed by atoms with Crippen LogP contribution in [-0.4, -0.2) is 0 Å². The van der Waals surface area contributed by atoms with Gasteiger partial charge < -0.3 is 9.32 Å². The number of anilines is 3. The van der Waals surface area contributed by atoms with Gasteiger partial charge in [-0.3, -0.25) is 0 Å². The summed E-state index contributed by atoms with van der Waals surface area (Å²) >= 11 is 0. The zero-order chi connectivity index (χ0) is 46.4. The van der Waals surface area contributed by atoms with E-state index < -0.39 is 0 Å². The second kappa shape index (κ2) is 17.4. The number of hydrogen-bond acceptors (Lipinski definition) is 2. The van der Waals surface area contributed by atoms with E-state index in [2.05, 4.69) is 266 Å². The highest BCUT2D eigenvalue weighted by Crippen LogP contribution is 2.43. The molecule has 2 nitrogen and oxygen atoms in total. The highest BCUT2D eigenvalue weighted by atomic mass is 16.3. The third kappa shape index (κ3) is 7.59. The number of fused-ring (bicyclic) bond motifs is 5. The summed E-state index contributed by atoms with van der Waals surface area (Å²) in [6, 6.07) is 98.5. The van der Waals surface area contributed by atoms with Crippen molar-refractivity contribution in [3.63, 3.8) is 0 Å². The second-order valence-corrected chi connectivity index (χ2v) is 18.1. The number of rotatable bonds is 9. The van der Waals surface area contributed by atoms with Crippen LogP contribution >= 0.6 is 0 Å². The highest BCUT2D eigenvalue weighted by molar-refractivity contribution is 6.08. The molecular weight excluding hydrogens is 847 g/mol. The minimum Gasteiger partial charge on any atom is -0.455 e. The van der Waals surface area contributed by atoms with Gasteiger partial charge in [0.2, 0.25) is 0 Å². The first-order valence-electron chi connectivity index (χ1n) is 24.0. The summed E-state index contributed by atoms with van der Waals surface area (Å²) in [6.07, 6.45) is 0. The van der Waals surface area contributed by atoms with Gasteiger partial charge in [0.05, 0.1) is 0 Å². The van der Waals surface area contributed by atoms with Crippen LogP contribution in [0.5, 0.6) is 0 Å². The van der Waals surface area contributed by atoms with Crippen LogP contribution in [0.2, 0.25) is 0 Å². The van der Waals surface area contributed by atoms with Crippen LogP contribution in [0.3, 0.4) is 0 Å². The topological polar surface area (TPSA) is 16.4 Å². The van der Waals surface area contributed by atoms with Gasteiger partial charge in [0.25, 0.3) is 0 Å². The Balaban J connectivity index is 0.811. The molecule has 0 spiro atoms. The first-order chi connectivity index (χ1) is 34.7. The van der Waals surface area contributed by atoms with E-state index in [9.17, 15) is 0 Å². The molecule has 0 aliphatic carbocycles. The predicted octanol–water partition coefficient (Wildman–Crippen LogP) is 19.4. The van der Waals surface area contributed by atoms with E-state index in [4.69, 9.17) is 4.42 Å². The summed E-state index contributed by atoms with van der Waals surface area (Å²) < 4.78 is 6.57. The highest BCUT2D eigenvalue weighted by Gasteiger charge is 2.19. The van der Waals surface area contributed by atoms with Crippen LogP contribution in [0.4, 0.5) is 17.1 Å². The lowest BCUT2D eigenvalue weighted by atomic mass is 9.95. The van der Waals surface area contributed by atoms with Crippen LogP contribution in [0.1, 0.15) is 0 Å². The average Bonchev–Trinajstić information content (AvgIpc) is 3.84. The minimum absolute atomic E-state index is 0.885. The lowest BCUT2D eigenvalue weighted by Crippen LogP contribution is -2.09. The molecule has 13 aromatic rings. The largest absolute Gasteiger partial charge is 0.455 e. The summed E-state index contributed by atoms with van der Waals surface area (Å²) in [6.45, 7) is 0. The van der Waals surface area contributed by atoms with Crippen molar-refractivity contribution in [2.75, 3.05) is 4.90 Å². The average molecular weight is 892 g/mol. The maximum absolute atomic E-state index is 6.57. The molecule has 0 bridgehead atoms. The fourth-order valence-electron chi connectivity index (χ4n) is 10.3. The summed E-state index contributed by atoms with van der Waals surface area (Å²) in [5.41, 5.74) is 16.9. The van der Waals surface area contributed by atoms with Crippen molar-refractivity contribution in [3.05, 3.63) is 273 Å². The van der Waals surface area contributed by atoms with Gasteiger partial charge >= 0.3 is 0 Å². The van der Waals surface area contributed by atoms with Crippen LogP contribution in [0.25, 0.3) is 110 Å². The van der Waals surface area contributed by atoms with E-state index in [0.717, 1.165) is 72.7 Å². The molecule has 0 fully saturated rings. The van der Waals surface area contributed by atoms with Crippen LogP contribution < -0.4 is 4.90 Å². The van der Waals surface area contributed by atoms with E-state index >= 15 is 0 Å². The summed E-state index contributed by atoms with van der Waals surface area (Å²) in [7, 11) is 0. The SMILES string of the molecule is c1ccc(-c2c(-c3cccc(-c4ccc(-c5ccc(N(c6ccc(-c7ccc8ccccc8c7)cc6)c6ccc(-c7ccc8c(ccc9ccccc98)c7)cc6)cc5)cc4)c3)oc3ccccc23)cc1. The molecule has 2 heteroatoms. The third-order valence-corrected chi connectivity index (χ3v) is 13.9. The first kappa shape index (κ1) is 41.0. The number of para-hydroxylation sites is 1. The van der Waals surface area contributed by atoms with Crippen LogP contribution in [-0.2, 0) is 0 Å². The third-order valence-electron chi connectivity index (χ3n) is 13.9. The normalized spacial score (nSPS) is 11.4. The molecule has 0 N–H and O–H groups in total. The van der Waals surface area contributed by atoms with Gasteiger partial charge in [0, 0.05) is 33.6 Å². The molecule has 0 aliphatic heterocycles. The molecule has 0 aliphatic rings. The van der Waals surface area contributed by atoms with Crippen molar-refractivity contribution >= 4 is 60.3 Å². The van der Waals surface area contributed by atoms with Gasteiger partial charge in [-0.1, -0.05) is 212 Å². The predicted molar refractivity (Wildman–Crippen MR) is 296 cm³/mol. The molecule has 1 heterocycles. The molecule has 70 heavy (non-hydrogen) atoms. The fourth-order valence-corrected chi connectivity index (χ4v) is 10.3. The van der Waals surface area contributed by atoms with Gasteiger partial charge in [-0.05, 0) is 143 Å². The van der Waals surface area contributed by atoms with Gasteiger partial charge in [-0.2, -0.15) is 0 Å². The maximum atomic E-state index is 6.57. The zero-order valence-electron chi connectivity index (χ0n) is 38.3. The number of benzene rings is 12. The standard InChI is InChI=1S/C68H45NO/c1-2-13-53(14-3-1)67-65-19-8-9-20-66(65)70-68(67)59-17-10-16-55(45-59)49-23-21-47(22-24-49)48-29-36-60(37-30-48)69(61-38-31-50(32-39-61)56-27-25-46-11-4-5-15-54(46)43-56)62-40-33-51(34-41-62)57-35-42-64-58(44-57)28-26-52-12-6-7-18-63(52)64/h1-45H. The molecule has 328 valence electrons. The molecule has 0 atom stereocenters. The number of hydrogen-bond donors (Lipinski definition) is 0. The quantitative estimate of drug-likeness (QED) is 0.134. The molecule has 13 rings (SSSR count). The molecule has 0 amide bonds. The van der Waals surface area contributed by atoms with Crippen LogP contribution in [0, 0.1) is 0 Å². The fraction of sp³-hybridized carbons (Fsp3) is 0. The van der Waals surface area contributed by atoms with Crippen molar-refractivity contribution < 1.29 is 4.42 Å². The summed E-state index contributed by atoms with van der Waals surface area (Å²) in [4.78, 5) is 2.35. The van der Waals surface area contributed by atoms with E-state index in [1.165, 1.54) is 54.6 Å². The first-order valence-corrected chi connectivity index (χ1v) is 24.0. The Kier molecular flexibility index (Phi) is 10.2. The zero-order valence-corrected chi connectivity index (χ0v) is 38.3. The van der Waals surface area contributed by atoms with Crippen molar-refractivity contribution in [1.29, 1.82) is 0 Å². The molecule has 0 radical (unpaired) electrons. The Morgan fingerprint density at radius 2 is 0.643 bits per heavy atom. The van der Waals surface area contributed by atoms with Crippen molar-refractivity contribution in [2.45, 2.75) is 0 Å². The Hall–Kier alpha value is -9.24. The molecule has 12 aromatic carbocycles. The van der Waals surface area contributed by atoms with Crippen LogP contribution in [0.15, 0.2) is 277 Å². The second-order valence-electron chi connectivity index (χ2n) is 18.1. The lowest BCUT2D eigenvalue weighted by Gasteiger charge is -2.26. The summed E-state index contributed by atoms with van der Waals surface area (Å²) in [5.74, 6) is 0.885. The van der Waals surface area contributed by atoms with E-state index in [1.54, 1.807) is 0 Å². The van der Waals surface area contributed by atoms with Gasteiger partial charge in [0.1, 0.15) is 11.3 Å². The monoisotopic (exact) mass is 891 g/mol. The minimum atomic E-state index is 0.885. The number of furan rings is 1. The Morgan fingerprint density at radius 3 is 1.30 bits per heavy atom. The van der Waals surface area contributed by atoms with Crippen molar-refractivity contribution in [2.24, 2.45) is 0 Å². The Morgan fingerprint density at radius 1 is 0.229 bits per heavy atom. The maximum Gasteiger partial charge on any atom is 0.143 e. The van der Waals surface area contributed by atoms with Crippen molar-refractivity contribution in [3.8, 4) is 67.0 Å². The molecular formula is C68H45NO. The molecule has 0 saturated carbocycles. The van der Waals surface area contributed by atoms with Crippen molar-refractivity contribution in [1.82, 2.24) is 0 Å². The van der Waals surface area contributed by atoms with Gasteiger partial charge in [0.15, 0.2) is 0 Å². The van der Waals surface area contributed by atoms with E-state index in [-0.39, 0.29) is 0 Å². The lowest BCUT2D eigenvalue weighted by molar-refractivity contribution is 0.632. The van der Waals surface area contributed by atoms with Gasteiger partial charge in [-0.25, -0.2) is 0 Å². The molecule has 0 unspecified atom stereocenters. The van der Waals surface area contributed by atoms with E-state index in [1.807, 2.05) is 12.1 Å². The smallest absolute Gasteiger partial charge is 0.143 e. The molecule has 1 aromatic heterocycles. The summed E-state index contributed by atoms with van der Waals surface area (Å²) in [5, 5.41) is 8.67.